The number of rotatable bonds is 9. The van der Waals surface area contributed by atoms with E-state index in [1.165, 1.54) is 6.20 Å². The molecule has 1 heterocycles. The van der Waals surface area contributed by atoms with Crippen molar-refractivity contribution >= 4 is 29.0 Å². The standard InChI is InChI=1S/C25H30N6O3/c1-30(2)13-14-31(25(33)28-19-7-6-8-21(15-19)34-3)17-20-12-11-18(16-27-20)24(32)29-23-10-5-4-9-22(23)26/h4-12,15-16H,13-14,17,26H2,1-3H3,(H,28,33)(H,29,32). The van der Waals surface area contributed by atoms with E-state index in [4.69, 9.17) is 10.5 Å². The number of pyridine rings is 1. The molecule has 2 aromatic carbocycles. The molecule has 0 aliphatic heterocycles. The molecule has 3 amide bonds. The van der Waals surface area contributed by atoms with Crippen molar-refractivity contribution in [2.75, 3.05) is 50.7 Å². The lowest BCUT2D eigenvalue weighted by atomic mass is 10.2. The lowest BCUT2D eigenvalue weighted by Crippen LogP contribution is -2.39. The first-order valence-electron chi connectivity index (χ1n) is 10.8. The van der Waals surface area contributed by atoms with Crippen LogP contribution < -0.4 is 21.1 Å². The van der Waals surface area contributed by atoms with Crippen molar-refractivity contribution in [3.63, 3.8) is 0 Å². The van der Waals surface area contributed by atoms with Crippen LogP contribution in [0.5, 0.6) is 5.75 Å². The van der Waals surface area contributed by atoms with Gasteiger partial charge in [0.1, 0.15) is 5.75 Å². The van der Waals surface area contributed by atoms with E-state index in [9.17, 15) is 9.59 Å². The predicted octanol–water partition coefficient (Wildman–Crippen LogP) is 3.52. The molecular weight excluding hydrogens is 432 g/mol. The van der Waals surface area contributed by atoms with Gasteiger partial charge in [0.2, 0.25) is 0 Å². The van der Waals surface area contributed by atoms with Crippen molar-refractivity contribution in [3.05, 3.63) is 78.1 Å². The number of nitrogens with zero attached hydrogens (tertiary/aromatic N) is 3. The Balaban J connectivity index is 1.68. The summed E-state index contributed by atoms with van der Waals surface area (Å²) in [5.41, 5.74) is 8.62. The first-order chi connectivity index (χ1) is 16.4. The highest BCUT2D eigenvalue weighted by Gasteiger charge is 2.16. The molecule has 1 aromatic heterocycles. The minimum Gasteiger partial charge on any atom is -0.497 e. The summed E-state index contributed by atoms with van der Waals surface area (Å²) in [6.45, 7) is 1.47. The van der Waals surface area contributed by atoms with Gasteiger partial charge in [0.25, 0.3) is 5.91 Å². The molecule has 0 unspecified atom stereocenters. The third kappa shape index (κ3) is 6.94. The maximum absolute atomic E-state index is 13.0. The molecule has 3 rings (SSSR count). The second-order valence-corrected chi connectivity index (χ2v) is 7.97. The van der Waals surface area contributed by atoms with Crippen LogP contribution in [-0.2, 0) is 6.54 Å². The number of amides is 3. The predicted molar refractivity (Wildman–Crippen MR) is 134 cm³/mol. The zero-order valence-electron chi connectivity index (χ0n) is 19.6. The third-order valence-electron chi connectivity index (χ3n) is 5.07. The van der Waals surface area contributed by atoms with Crippen molar-refractivity contribution in [1.29, 1.82) is 0 Å². The average Bonchev–Trinajstić information content (AvgIpc) is 2.83. The van der Waals surface area contributed by atoms with Crippen molar-refractivity contribution in [2.24, 2.45) is 0 Å². The number of nitrogen functional groups attached to an aromatic ring is 1. The van der Waals surface area contributed by atoms with Gasteiger partial charge in [0.15, 0.2) is 0 Å². The first-order valence-corrected chi connectivity index (χ1v) is 10.8. The Kier molecular flexibility index (Phi) is 8.42. The van der Waals surface area contributed by atoms with Gasteiger partial charge in [-0.3, -0.25) is 9.78 Å². The van der Waals surface area contributed by atoms with E-state index in [0.29, 0.717) is 47.2 Å². The highest BCUT2D eigenvalue weighted by molar-refractivity contribution is 6.05. The minimum absolute atomic E-state index is 0.252. The molecule has 0 saturated heterocycles. The molecule has 0 atom stereocenters. The number of hydrogen-bond acceptors (Lipinski definition) is 6. The molecule has 0 fully saturated rings. The molecule has 0 aliphatic rings. The lowest BCUT2D eigenvalue weighted by Gasteiger charge is -2.24. The fourth-order valence-corrected chi connectivity index (χ4v) is 3.13. The highest BCUT2D eigenvalue weighted by atomic mass is 16.5. The number of anilines is 3. The molecule has 34 heavy (non-hydrogen) atoms. The summed E-state index contributed by atoms with van der Waals surface area (Å²) in [5.74, 6) is 0.350. The Morgan fingerprint density at radius 2 is 1.79 bits per heavy atom. The number of carbonyl (C=O) groups excluding carboxylic acids is 2. The van der Waals surface area contributed by atoms with Crippen LogP contribution in [0.25, 0.3) is 0 Å². The summed E-state index contributed by atoms with van der Waals surface area (Å²) >= 11 is 0. The summed E-state index contributed by atoms with van der Waals surface area (Å²) in [5, 5.41) is 5.69. The third-order valence-corrected chi connectivity index (χ3v) is 5.07. The molecule has 4 N–H and O–H groups in total. The van der Waals surface area contributed by atoms with Crippen LogP contribution in [0.3, 0.4) is 0 Å². The number of methoxy groups -OCH3 is 1. The molecule has 9 nitrogen and oxygen atoms in total. The topological polar surface area (TPSA) is 113 Å². The van der Waals surface area contributed by atoms with Gasteiger partial charge in [-0.05, 0) is 50.5 Å². The summed E-state index contributed by atoms with van der Waals surface area (Å²) in [6, 6.07) is 17.4. The van der Waals surface area contributed by atoms with Gasteiger partial charge in [-0.2, -0.15) is 0 Å². The Morgan fingerprint density at radius 3 is 2.47 bits per heavy atom. The summed E-state index contributed by atoms with van der Waals surface area (Å²) in [4.78, 5) is 33.6. The number of hydrogen-bond donors (Lipinski definition) is 3. The molecule has 9 heteroatoms. The smallest absolute Gasteiger partial charge is 0.322 e. The van der Waals surface area contributed by atoms with Crippen LogP contribution in [0.1, 0.15) is 16.1 Å². The number of benzene rings is 2. The van der Waals surface area contributed by atoms with Crippen LogP contribution in [0.15, 0.2) is 66.9 Å². The van der Waals surface area contributed by atoms with Gasteiger partial charge in [-0.15, -0.1) is 0 Å². The van der Waals surface area contributed by atoms with E-state index >= 15 is 0 Å². The number of aromatic nitrogens is 1. The SMILES string of the molecule is COc1cccc(NC(=O)N(CCN(C)C)Cc2ccc(C(=O)Nc3ccccc3N)cn2)c1. The normalized spacial score (nSPS) is 10.6. The van der Waals surface area contributed by atoms with Crippen molar-refractivity contribution in [1.82, 2.24) is 14.8 Å². The zero-order chi connectivity index (χ0) is 24.5. The second kappa shape index (κ2) is 11.7. The Bertz CT molecular complexity index is 1120. The van der Waals surface area contributed by atoms with E-state index in [1.807, 2.05) is 31.1 Å². The largest absolute Gasteiger partial charge is 0.497 e. The van der Waals surface area contributed by atoms with Gasteiger partial charge in [0, 0.05) is 31.0 Å². The Labute approximate surface area is 199 Å². The van der Waals surface area contributed by atoms with E-state index in [2.05, 4.69) is 15.6 Å². The molecule has 0 radical (unpaired) electrons. The Morgan fingerprint density at radius 1 is 1.00 bits per heavy atom. The van der Waals surface area contributed by atoms with Crippen LogP contribution in [0, 0.1) is 0 Å². The van der Waals surface area contributed by atoms with Crippen LogP contribution in [0.4, 0.5) is 21.9 Å². The van der Waals surface area contributed by atoms with Crippen LogP contribution in [-0.4, -0.2) is 61.0 Å². The fraction of sp³-hybridized carbons (Fsp3) is 0.240. The van der Waals surface area contributed by atoms with E-state index in [-0.39, 0.29) is 18.5 Å². The Hall–Kier alpha value is -4.11. The number of nitrogens with one attached hydrogen (secondary N) is 2. The van der Waals surface area contributed by atoms with Gasteiger partial charge in [0.05, 0.1) is 36.3 Å². The molecular formula is C25H30N6O3. The van der Waals surface area contributed by atoms with Crippen LogP contribution in [0.2, 0.25) is 0 Å². The van der Waals surface area contributed by atoms with Crippen LogP contribution >= 0.6 is 0 Å². The molecule has 0 spiro atoms. The summed E-state index contributed by atoms with van der Waals surface area (Å²) in [6.07, 6.45) is 1.49. The number of nitrogens with two attached hydrogens (primary N) is 1. The summed E-state index contributed by atoms with van der Waals surface area (Å²) in [7, 11) is 5.47. The maximum Gasteiger partial charge on any atom is 0.322 e. The molecule has 0 bridgehead atoms. The van der Waals surface area contributed by atoms with Gasteiger partial charge in [-0.25, -0.2) is 4.79 Å². The van der Waals surface area contributed by atoms with E-state index in [1.54, 1.807) is 60.5 Å². The molecule has 0 aliphatic carbocycles. The molecule has 178 valence electrons. The van der Waals surface area contributed by atoms with Crippen molar-refractivity contribution in [2.45, 2.75) is 6.54 Å². The quantitative estimate of drug-likeness (QED) is 0.420. The average molecular weight is 463 g/mol. The lowest BCUT2D eigenvalue weighted by molar-refractivity contribution is 0.102. The minimum atomic E-state index is -0.308. The number of ether oxygens (including phenoxy) is 1. The number of likely N-dealkylation sites (N-methyl/N-ethyl adjacent to an activating group) is 1. The maximum atomic E-state index is 13.0. The number of para-hydroxylation sites is 2. The first kappa shape index (κ1) is 24.5. The van der Waals surface area contributed by atoms with Gasteiger partial charge >= 0.3 is 6.03 Å². The number of carbonyl (C=O) groups is 2. The zero-order valence-corrected chi connectivity index (χ0v) is 19.6. The molecule has 0 saturated carbocycles. The monoisotopic (exact) mass is 462 g/mol. The van der Waals surface area contributed by atoms with Gasteiger partial charge in [-0.1, -0.05) is 18.2 Å². The fourth-order valence-electron chi connectivity index (χ4n) is 3.13. The van der Waals surface area contributed by atoms with E-state index < -0.39 is 0 Å². The van der Waals surface area contributed by atoms with Gasteiger partial charge < -0.3 is 30.9 Å². The summed E-state index contributed by atoms with van der Waals surface area (Å²) < 4.78 is 5.22. The van der Waals surface area contributed by atoms with Crippen molar-refractivity contribution < 1.29 is 14.3 Å². The molecule has 3 aromatic rings. The number of urea groups is 1. The second-order valence-electron chi connectivity index (χ2n) is 7.97. The van der Waals surface area contributed by atoms with Crippen molar-refractivity contribution in [3.8, 4) is 5.75 Å². The van der Waals surface area contributed by atoms with E-state index in [0.717, 1.165) is 0 Å². The highest BCUT2D eigenvalue weighted by Crippen LogP contribution is 2.19.